The Morgan fingerprint density at radius 3 is 1.20 bits per heavy atom. The van der Waals surface area contributed by atoms with Gasteiger partial charge >= 0.3 is 0 Å². The highest BCUT2D eigenvalue weighted by Gasteiger charge is 2.22. The lowest BCUT2D eigenvalue weighted by atomic mass is 10.00. The summed E-state index contributed by atoms with van der Waals surface area (Å²) < 4.78 is 0. The summed E-state index contributed by atoms with van der Waals surface area (Å²) in [5, 5.41) is 3.78. The van der Waals surface area contributed by atoms with Gasteiger partial charge in [-0.1, -0.05) is 24.3 Å². The van der Waals surface area contributed by atoms with E-state index in [0.717, 1.165) is 137 Å². The molecule has 8 heterocycles. The van der Waals surface area contributed by atoms with Gasteiger partial charge in [0.15, 0.2) is 0 Å². The van der Waals surface area contributed by atoms with Gasteiger partial charge in [-0.15, -0.1) is 0 Å². The van der Waals surface area contributed by atoms with E-state index in [2.05, 4.69) is 70.5 Å². The number of hydrogen-bond donors (Lipinski definition) is 0. The lowest BCUT2D eigenvalue weighted by Gasteiger charge is -2.18. The molecule has 2 aliphatic heterocycles. The van der Waals surface area contributed by atoms with E-state index in [1.54, 1.807) is 0 Å². The molecule has 2 aliphatic rings. The minimum Gasteiger partial charge on any atom is -0.357 e. The Morgan fingerprint density at radius 1 is 0.333 bits per heavy atom. The van der Waals surface area contributed by atoms with E-state index in [-0.39, 0.29) is 0 Å². The number of para-hydroxylation sites is 2. The second-order valence-electron chi connectivity index (χ2n) is 14.5. The summed E-state index contributed by atoms with van der Waals surface area (Å²) >= 11 is 0. The summed E-state index contributed by atoms with van der Waals surface area (Å²) in [5.74, 6) is 1.98. The second-order valence-corrected chi connectivity index (χ2v) is 14.5. The smallest absolute Gasteiger partial charge is 0.129 e. The molecule has 10 nitrogen and oxygen atoms in total. The molecule has 10 aromatic rings. The molecule has 0 amide bonds. The molecule has 0 radical (unpaired) electrons. The number of fused-ring (bicyclic) bond motifs is 14. The minimum atomic E-state index is 0.800. The molecule has 0 unspecified atom stereocenters. The Morgan fingerprint density at radius 2 is 0.741 bits per heavy atom. The molecule has 0 spiro atoms. The van der Waals surface area contributed by atoms with E-state index in [9.17, 15) is 0 Å². The largest absolute Gasteiger partial charge is 0.357 e. The van der Waals surface area contributed by atoms with Crippen molar-refractivity contribution in [1.29, 1.82) is 0 Å². The molecule has 2 fully saturated rings. The van der Waals surface area contributed by atoms with Gasteiger partial charge in [-0.3, -0.25) is 9.97 Å². The van der Waals surface area contributed by atoms with E-state index in [4.69, 9.17) is 39.9 Å². The molecule has 12 rings (SSSR count). The number of nitrogens with zero attached hydrogens (tertiary/aromatic N) is 10. The highest BCUT2D eigenvalue weighted by molar-refractivity contribution is 6.23. The highest BCUT2D eigenvalue weighted by atomic mass is 15.2. The quantitative estimate of drug-likeness (QED) is 0.131. The van der Waals surface area contributed by atoms with Crippen LogP contribution in [0.5, 0.6) is 0 Å². The van der Waals surface area contributed by atoms with Gasteiger partial charge in [-0.2, -0.15) is 0 Å². The molecule has 0 N–H and O–H groups in total. The molecular formula is C44H32N10. The third-order valence-electron chi connectivity index (χ3n) is 11.4. The number of rotatable bonds is 3. The molecule has 0 aliphatic carbocycles. The van der Waals surface area contributed by atoms with Crippen LogP contribution in [0.1, 0.15) is 25.7 Å². The number of benzene rings is 4. The maximum absolute atomic E-state index is 5.42. The number of aromatic nitrogens is 8. The van der Waals surface area contributed by atoms with Crippen LogP contribution in [-0.2, 0) is 0 Å². The SMILES string of the molecule is c1cc(-c2cccc3nc4c5ccc(N6CCCC6)nc5c5ncccc5c4nc23)c2nc3c4cccnc4c4nc(N5CCCC5)ccc4c3nc2c1. The molecule has 6 aromatic heterocycles. The number of pyridine rings is 4. The van der Waals surface area contributed by atoms with Crippen LogP contribution < -0.4 is 9.80 Å². The summed E-state index contributed by atoms with van der Waals surface area (Å²) in [6, 6.07) is 29.0. The van der Waals surface area contributed by atoms with Gasteiger partial charge in [0.05, 0.1) is 55.2 Å². The van der Waals surface area contributed by atoms with Crippen molar-refractivity contribution in [3.05, 3.63) is 97.3 Å². The Hall–Kier alpha value is -6.68. The standard InChI is InChI=1S/C44H32N10/c1-2-22-53(21-1)33-17-15-29-39(49-33)37-27(11-7-19-45-37)43-41(29)47-31-13-5-9-25(35(31)51-43)26-10-6-14-32-36(26)52-44-28-12-8-20-46-38(28)40-30(42(44)48-32)16-18-34(50-40)54-23-3-4-24-54/h5-20H,1-4,21-24H2. The van der Waals surface area contributed by atoms with Crippen LogP contribution in [0, 0.1) is 0 Å². The van der Waals surface area contributed by atoms with Gasteiger partial charge in [0.25, 0.3) is 0 Å². The second kappa shape index (κ2) is 11.4. The third kappa shape index (κ3) is 4.33. The van der Waals surface area contributed by atoms with Gasteiger partial charge in [-0.25, -0.2) is 29.9 Å². The fraction of sp³-hybridized carbons (Fsp3) is 0.182. The summed E-state index contributed by atoms with van der Waals surface area (Å²) in [6.07, 6.45) is 8.43. The lowest BCUT2D eigenvalue weighted by molar-refractivity contribution is 0.944. The predicted octanol–water partition coefficient (Wildman–Crippen LogP) is 8.94. The molecular weight excluding hydrogens is 669 g/mol. The van der Waals surface area contributed by atoms with Crippen molar-refractivity contribution in [2.45, 2.75) is 25.7 Å². The van der Waals surface area contributed by atoms with Crippen LogP contribution >= 0.6 is 0 Å². The molecule has 0 saturated carbocycles. The van der Waals surface area contributed by atoms with Gasteiger partial charge in [0.2, 0.25) is 0 Å². The zero-order chi connectivity index (χ0) is 35.3. The molecule has 0 bridgehead atoms. The van der Waals surface area contributed by atoms with Crippen LogP contribution in [0.25, 0.3) is 98.9 Å². The fourth-order valence-corrected chi connectivity index (χ4v) is 8.80. The van der Waals surface area contributed by atoms with Crippen LogP contribution in [0.3, 0.4) is 0 Å². The molecule has 2 saturated heterocycles. The molecule has 10 heteroatoms. The molecule has 4 aromatic carbocycles. The Labute approximate surface area is 308 Å². The first kappa shape index (κ1) is 29.9. The van der Waals surface area contributed by atoms with E-state index in [1.165, 1.54) is 25.7 Å². The first-order valence-electron chi connectivity index (χ1n) is 18.8. The first-order chi connectivity index (χ1) is 26.8. The van der Waals surface area contributed by atoms with E-state index in [1.807, 2.05) is 36.7 Å². The Balaban J connectivity index is 1.10. The van der Waals surface area contributed by atoms with E-state index in [0.29, 0.717) is 0 Å². The van der Waals surface area contributed by atoms with Crippen LogP contribution in [0.4, 0.5) is 11.6 Å². The van der Waals surface area contributed by atoms with Crippen molar-refractivity contribution < 1.29 is 0 Å². The van der Waals surface area contributed by atoms with E-state index < -0.39 is 0 Å². The van der Waals surface area contributed by atoms with Gasteiger partial charge in [0.1, 0.15) is 22.7 Å². The van der Waals surface area contributed by atoms with Crippen LogP contribution in [0.2, 0.25) is 0 Å². The third-order valence-corrected chi connectivity index (χ3v) is 11.4. The van der Waals surface area contributed by atoms with Gasteiger partial charge in [0, 0.05) is 71.2 Å². The summed E-state index contributed by atoms with van der Waals surface area (Å²) in [4.78, 5) is 46.2. The van der Waals surface area contributed by atoms with Crippen molar-refractivity contribution in [3.8, 4) is 11.1 Å². The Kier molecular flexibility index (Phi) is 6.31. The minimum absolute atomic E-state index is 0.800. The first-order valence-corrected chi connectivity index (χ1v) is 18.8. The molecule has 258 valence electrons. The zero-order valence-electron chi connectivity index (χ0n) is 29.4. The van der Waals surface area contributed by atoms with Crippen molar-refractivity contribution in [3.63, 3.8) is 0 Å². The average molecular weight is 701 g/mol. The van der Waals surface area contributed by atoms with Gasteiger partial charge < -0.3 is 9.80 Å². The fourth-order valence-electron chi connectivity index (χ4n) is 8.80. The van der Waals surface area contributed by atoms with Crippen molar-refractivity contribution in [2.24, 2.45) is 0 Å². The summed E-state index contributed by atoms with van der Waals surface area (Å²) in [5.41, 5.74) is 11.8. The molecule has 54 heavy (non-hydrogen) atoms. The van der Waals surface area contributed by atoms with Crippen molar-refractivity contribution in [2.75, 3.05) is 36.0 Å². The topological polar surface area (TPSA) is 110 Å². The number of anilines is 2. The van der Waals surface area contributed by atoms with E-state index >= 15 is 0 Å². The zero-order valence-corrected chi connectivity index (χ0v) is 29.4. The number of hydrogen-bond acceptors (Lipinski definition) is 10. The maximum Gasteiger partial charge on any atom is 0.129 e. The average Bonchev–Trinajstić information content (AvgIpc) is 3.99. The Bertz CT molecular complexity index is 2990. The van der Waals surface area contributed by atoms with Crippen LogP contribution in [-0.4, -0.2) is 66.1 Å². The van der Waals surface area contributed by atoms with Crippen molar-refractivity contribution in [1.82, 2.24) is 39.9 Å². The van der Waals surface area contributed by atoms with Gasteiger partial charge in [-0.05, 0) is 86.3 Å². The lowest BCUT2D eigenvalue weighted by Crippen LogP contribution is -2.18. The summed E-state index contributed by atoms with van der Waals surface area (Å²) in [7, 11) is 0. The molecule has 0 atom stereocenters. The monoisotopic (exact) mass is 700 g/mol. The van der Waals surface area contributed by atoms with Crippen LogP contribution in [0.15, 0.2) is 97.3 Å². The normalized spacial score (nSPS) is 15.1. The highest BCUT2D eigenvalue weighted by Crippen LogP contribution is 2.39. The maximum atomic E-state index is 5.42. The van der Waals surface area contributed by atoms with Crippen molar-refractivity contribution >= 4 is 99.4 Å². The predicted molar refractivity (Wildman–Crippen MR) is 217 cm³/mol. The summed E-state index contributed by atoms with van der Waals surface area (Å²) in [6.45, 7) is 4.11.